The molecule has 9 heteroatoms. The predicted molar refractivity (Wildman–Crippen MR) is 80.9 cm³/mol. The molecule has 2 aromatic rings. The normalized spacial score (nSPS) is 18.7. The Morgan fingerprint density at radius 2 is 2.04 bits per heavy atom. The number of hydrogen-bond acceptors (Lipinski definition) is 3. The van der Waals surface area contributed by atoms with Crippen LogP contribution in [0, 0.1) is 11.6 Å². The Morgan fingerprint density at radius 3 is 2.76 bits per heavy atom. The van der Waals surface area contributed by atoms with Gasteiger partial charge in [-0.2, -0.15) is 13.2 Å². The number of amides is 1. The van der Waals surface area contributed by atoms with Gasteiger partial charge in [-0.05, 0) is 25.0 Å². The van der Waals surface area contributed by atoms with E-state index < -0.39 is 36.3 Å². The highest BCUT2D eigenvalue weighted by atomic mass is 19.4. The van der Waals surface area contributed by atoms with Gasteiger partial charge in [-0.1, -0.05) is 0 Å². The number of nitrogens with one attached hydrogen (secondary N) is 1. The SMILES string of the molecule is O=C1C(Nc2ccnc3c(F)cc(F)cc23)CCCN1CC(F)(F)F. The molecule has 2 heterocycles. The Hall–Kier alpha value is -2.45. The number of halogens is 5. The van der Waals surface area contributed by atoms with Crippen molar-refractivity contribution in [3.8, 4) is 0 Å². The number of pyridine rings is 1. The van der Waals surface area contributed by atoms with Gasteiger partial charge in [-0.25, -0.2) is 8.78 Å². The van der Waals surface area contributed by atoms with Gasteiger partial charge in [0.1, 0.15) is 23.9 Å². The summed E-state index contributed by atoms with van der Waals surface area (Å²) in [5.74, 6) is -2.35. The van der Waals surface area contributed by atoms with Crippen LogP contribution in [0.15, 0.2) is 24.4 Å². The van der Waals surface area contributed by atoms with Crippen LogP contribution in [0.3, 0.4) is 0 Å². The molecule has 1 N–H and O–H groups in total. The van der Waals surface area contributed by atoms with Crippen LogP contribution in [0.1, 0.15) is 12.8 Å². The molecule has 1 amide bonds. The second-order valence-corrected chi connectivity index (χ2v) is 5.86. The number of carbonyl (C=O) groups excluding carboxylic acids is 1. The van der Waals surface area contributed by atoms with Crippen LogP contribution in [0.4, 0.5) is 27.6 Å². The van der Waals surface area contributed by atoms with Gasteiger partial charge in [0.05, 0.1) is 0 Å². The molecule has 0 radical (unpaired) electrons. The van der Waals surface area contributed by atoms with Crippen LogP contribution in [-0.4, -0.2) is 41.1 Å². The summed E-state index contributed by atoms with van der Waals surface area (Å²) in [6.07, 6.45) is -2.47. The van der Waals surface area contributed by atoms with E-state index in [1.54, 1.807) is 0 Å². The number of hydrogen-bond donors (Lipinski definition) is 1. The Kier molecular flexibility index (Phi) is 4.49. The van der Waals surface area contributed by atoms with E-state index in [9.17, 15) is 26.7 Å². The maximum atomic E-state index is 13.8. The lowest BCUT2D eigenvalue weighted by Gasteiger charge is -2.33. The molecular weight excluding hydrogens is 345 g/mol. The van der Waals surface area contributed by atoms with E-state index in [2.05, 4.69) is 10.3 Å². The van der Waals surface area contributed by atoms with E-state index >= 15 is 0 Å². The van der Waals surface area contributed by atoms with E-state index in [4.69, 9.17) is 0 Å². The first-order chi connectivity index (χ1) is 11.7. The summed E-state index contributed by atoms with van der Waals surface area (Å²) in [7, 11) is 0. The molecule has 4 nitrogen and oxygen atoms in total. The fourth-order valence-corrected chi connectivity index (χ4v) is 2.94. The molecule has 134 valence electrons. The number of nitrogens with zero attached hydrogens (tertiary/aromatic N) is 2. The minimum Gasteiger partial charge on any atom is -0.373 e. The highest BCUT2D eigenvalue weighted by Crippen LogP contribution is 2.28. The predicted octanol–water partition coefficient (Wildman–Crippen LogP) is 3.48. The summed E-state index contributed by atoms with van der Waals surface area (Å²) in [6.45, 7) is -1.29. The van der Waals surface area contributed by atoms with Crippen molar-refractivity contribution in [2.45, 2.75) is 25.1 Å². The quantitative estimate of drug-likeness (QED) is 0.854. The molecule has 0 bridgehead atoms. The maximum Gasteiger partial charge on any atom is 0.406 e. The molecule has 3 rings (SSSR count). The molecule has 0 saturated carbocycles. The van der Waals surface area contributed by atoms with Crippen molar-refractivity contribution in [1.29, 1.82) is 0 Å². The van der Waals surface area contributed by atoms with E-state index in [0.29, 0.717) is 18.9 Å². The first-order valence-corrected chi connectivity index (χ1v) is 7.60. The van der Waals surface area contributed by atoms with Crippen molar-refractivity contribution in [3.05, 3.63) is 36.0 Å². The third-order valence-corrected chi connectivity index (χ3v) is 3.99. The number of benzene rings is 1. The maximum absolute atomic E-state index is 13.8. The van der Waals surface area contributed by atoms with Gasteiger partial charge in [0.2, 0.25) is 5.91 Å². The third-order valence-electron chi connectivity index (χ3n) is 3.99. The van der Waals surface area contributed by atoms with Crippen LogP contribution in [0.2, 0.25) is 0 Å². The molecule has 1 fully saturated rings. The zero-order valence-electron chi connectivity index (χ0n) is 12.9. The lowest BCUT2D eigenvalue weighted by atomic mass is 10.0. The summed E-state index contributed by atoms with van der Waals surface area (Å²) in [4.78, 5) is 16.9. The zero-order chi connectivity index (χ0) is 18.2. The fourth-order valence-electron chi connectivity index (χ4n) is 2.94. The molecule has 1 saturated heterocycles. The summed E-state index contributed by atoms with van der Waals surface area (Å²) in [5, 5.41) is 2.94. The summed E-state index contributed by atoms with van der Waals surface area (Å²) < 4.78 is 65.0. The largest absolute Gasteiger partial charge is 0.406 e. The summed E-state index contributed by atoms with van der Waals surface area (Å²) in [5.41, 5.74) is 0.164. The molecule has 0 aliphatic carbocycles. The Bertz CT molecular complexity index is 808. The standard InChI is InChI=1S/C16H14F5N3O/c17-9-6-10-12(3-4-22-14(10)11(18)7-9)23-13-2-1-5-24(15(13)25)8-16(19,20)21/h3-4,6-7,13H,1-2,5,8H2,(H,22,23). The van der Waals surface area contributed by atoms with Gasteiger partial charge in [0.15, 0.2) is 5.82 Å². The summed E-state index contributed by atoms with van der Waals surface area (Å²) in [6, 6.07) is 2.29. The number of aromatic nitrogens is 1. The highest BCUT2D eigenvalue weighted by Gasteiger charge is 2.37. The van der Waals surface area contributed by atoms with Crippen LogP contribution in [-0.2, 0) is 4.79 Å². The van der Waals surface area contributed by atoms with Crippen LogP contribution < -0.4 is 5.32 Å². The zero-order valence-corrected chi connectivity index (χ0v) is 12.9. The van der Waals surface area contributed by atoms with Crippen LogP contribution in [0.5, 0.6) is 0 Å². The number of likely N-dealkylation sites (tertiary alicyclic amines) is 1. The molecule has 0 spiro atoms. The number of piperidine rings is 1. The minimum atomic E-state index is -4.48. The molecule has 1 unspecified atom stereocenters. The van der Waals surface area contributed by atoms with Gasteiger partial charge in [-0.15, -0.1) is 0 Å². The van der Waals surface area contributed by atoms with Gasteiger partial charge in [0.25, 0.3) is 0 Å². The lowest BCUT2D eigenvalue weighted by molar-refractivity contribution is -0.163. The first-order valence-electron chi connectivity index (χ1n) is 7.60. The van der Waals surface area contributed by atoms with Gasteiger partial charge >= 0.3 is 6.18 Å². The van der Waals surface area contributed by atoms with E-state index in [1.165, 1.54) is 12.3 Å². The average Bonchev–Trinajstić information content (AvgIpc) is 2.50. The van der Waals surface area contributed by atoms with Gasteiger partial charge in [-0.3, -0.25) is 9.78 Å². The molecule has 1 aliphatic heterocycles. The van der Waals surface area contributed by atoms with Crippen molar-refractivity contribution in [2.75, 3.05) is 18.4 Å². The van der Waals surface area contributed by atoms with E-state index in [0.717, 1.165) is 11.0 Å². The molecular formula is C16H14F5N3O. The Labute approximate surface area is 139 Å². The van der Waals surface area contributed by atoms with Gasteiger partial charge in [0, 0.05) is 29.9 Å². The van der Waals surface area contributed by atoms with Crippen molar-refractivity contribution < 1.29 is 26.7 Å². The molecule has 1 aliphatic rings. The number of rotatable bonds is 3. The second kappa shape index (κ2) is 6.45. The fraction of sp³-hybridized carbons (Fsp3) is 0.375. The molecule has 1 aromatic carbocycles. The number of carbonyl (C=O) groups is 1. The third kappa shape index (κ3) is 3.80. The Morgan fingerprint density at radius 1 is 1.28 bits per heavy atom. The average molecular weight is 359 g/mol. The van der Waals surface area contributed by atoms with Crippen molar-refractivity contribution >= 4 is 22.5 Å². The Balaban J connectivity index is 1.87. The second-order valence-electron chi connectivity index (χ2n) is 5.86. The van der Waals surface area contributed by atoms with Gasteiger partial charge < -0.3 is 10.2 Å². The van der Waals surface area contributed by atoms with Crippen molar-refractivity contribution in [3.63, 3.8) is 0 Å². The van der Waals surface area contributed by atoms with Crippen molar-refractivity contribution in [2.24, 2.45) is 0 Å². The lowest BCUT2D eigenvalue weighted by Crippen LogP contribution is -2.50. The number of fused-ring (bicyclic) bond motifs is 1. The molecule has 25 heavy (non-hydrogen) atoms. The minimum absolute atomic E-state index is 0.0247. The highest BCUT2D eigenvalue weighted by molar-refractivity contribution is 5.94. The number of alkyl halides is 3. The van der Waals surface area contributed by atoms with E-state index in [-0.39, 0.29) is 23.1 Å². The number of anilines is 1. The molecule has 1 aromatic heterocycles. The topological polar surface area (TPSA) is 45.2 Å². The monoisotopic (exact) mass is 359 g/mol. The van der Waals surface area contributed by atoms with Crippen molar-refractivity contribution in [1.82, 2.24) is 9.88 Å². The first kappa shape index (κ1) is 17.4. The van der Waals surface area contributed by atoms with Crippen LogP contribution in [0.25, 0.3) is 10.9 Å². The van der Waals surface area contributed by atoms with E-state index in [1.807, 2.05) is 0 Å². The summed E-state index contributed by atoms with van der Waals surface area (Å²) >= 11 is 0. The smallest absolute Gasteiger partial charge is 0.373 e. The molecule has 1 atom stereocenters. The van der Waals surface area contributed by atoms with Crippen LogP contribution >= 0.6 is 0 Å².